The van der Waals surface area contributed by atoms with E-state index in [9.17, 15) is 24.3 Å². The topological polar surface area (TPSA) is 153 Å². The fourth-order valence-corrected chi connectivity index (χ4v) is 5.88. The summed E-state index contributed by atoms with van der Waals surface area (Å²) in [5, 5.41) is 17.3. The number of H-pyrrole nitrogens is 2. The van der Waals surface area contributed by atoms with E-state index in [1.165, 1.54) is 7.11 Å². The lowest BCUT2D eigenvalue weighted by Crippen LogP contribution is -2.43. The Bertz CT molecular complexity index is 2110. The molecule has 236 valence electrons. The normalized spacial score (nSPS) is 12.4. The Morgan fingerprint density at radius 2 is 1.06 bits per heavy atom. The number of aliphatic carboxylic acids is 1. The third-order valence-corrected chi connectivity index (χ3v) is 8.23. The molecular weight excluding hydrogens is 596 g/mol. The van der Waals surface area contributed by atoms with Crippen molar-refractivity contribution >= 4 is 45.6 Å². The van der Waals surface area contributed by atoms with Crippen molar-refractivity contribution < 1.29 is 29.0 Å². The molecule has 4 aromatic carbocycles. The van der Waals surface area contributed by atoms with Gasteiger partial charge in [-0.1, -0.05) is 72.8 Å². The van der Waals surface area contributed by atoms with E-state index in [4.69, 9.17) is 4.74 Å². The molecule has 2 aromatic heterocycles. The lowest BCUT2D eigenvalue weighted by atomic mass is 9.94. The first kappa shape index (κ1) is 30.8. The molecular formula is C37H32N4O6. The van der Waals surface area contributed by atoms with Crippen LogP contribution in [0.3, 0.4) is 0 Å². The smallest absolute Gasteiger partial charge is 0.328 e. The van der Waals surface area contributed by atoms with E-state index in [0.717, 1.165) is 32.9 Å². The van der Waals surface area contributed by atoms with Crippen LogP contribution in [0, 0.1) is 0 Å². The quantitative estimate of drug-likeness (QED) is 0.124. The second-order valence-electron chi connectivity index (χ2n) is 11.1. The van der Waals surface area contributed by atoms with Gasteiger partial charge >= 0.3 is 11.9 Å². The maximum Gasteiger partial charge on any atom is 0.328 e. The van der Waals surface area contributed by atoms with Crippen molar-refractivity contribution in [2.45, 2.75) is 24.9 Å². The molecule has 0 fully saturated rings. The van der Waals surface area contributed by atoms with E-state index in [2.05, 4.69) is 20.6 Å². The lowest BCUT2D eigenvalue weighted by Gasteiger charge is -2.19. The summed E-state index contributed by atoms with van der Waals surface area (Å²) in [5.74, 6) is -2.91. The van der Waals surface area contributed by atoms with Gasteiger partial charge in [-0.3, -0.25) is 9.59 Å². The van der Waals surface area contributed by atoms with E-state index in [1.807, 2.05) is 48.5 Å². The Hall–Kier alpha value is -6.16. The van der Waals surface area contributed by atoms with Crippen molar-refractivity contribution in [1.82, 2.24) is 20.6 Å². The predicted octanol–water partition coefficient (Wildman–Crippen LogP) is 5.26. The Balaban J connectivity index is 1.26. The largest absolute Gasteiger partial charge is 0.480 e. The second kappa shape index (κ2) is 13.5. The number of rotatable bonds is 11. The minimum atomic E-state index is -1.21. The summed E-state index contributed by atoms with van der Waals surface area (Å²) in [5.41, 5.74) is 4.67. The second-order valence-corrected chi connectivity index (χ2v) is 11.1. The fourth-order valence-electron chi connectivity index (χ4n) is 5.88. The molecule has 0 saturated heterocycles. The number of aromatic amines is 2. The molecule has 0 unspecified atom stereocenters. The predicted molar refractivity (Wildman–Crippen MR) is 178 cm³/mol. The zero-order chi connectivity index (χ0) is 32.9. The number of fused-ring (bicyclic) bond motifs is 2. The molecule has 0 saturated carbocycles. The molecule has 10 heteroatoms. The Morgan fingerprint density at radius 1 is 0.638 bits per heavy atom. The molecule has 0 radical (unpaired) electrons. The summed E-state index contributed by atoms with van der Waals surface area (Å²) in [6.45, 7) is 0. The van der Waals surface area contributed by atoms with Crippen molar-refractivity contribution in [2.24, 2.45) is 0 Å². The van der Waals surface area contributed by atoms with Crippen molar-refractivity contribution in [3.63, 3.8) is 0 Å². The number of hydrogen-bond donors (Lipinski definition) is 5. The number of nitrogens with one attached hydrogen (secondary N) is 4. The van der Waals surface area contributed by atoms with Gasteiger partial charge in [0.25, 0.3) is 11.8 Å². The lowest BCUT2D eigenvalue weighted by molar-refractivity contribution is -0.143. The van der Waals surface area contributed by atoms with Gasteiger partial charge < -0.3 is 30.4 Å². The van der Waals surface area contributed by atoms with Gasteiger partial charge in [0.05, 0.1) is 7.11 Å². The standard InChI is InChI=1S/C37H32N4O6/c1-47-37(46)33(19-23-21-39-31-17-9-7-11-25(23)31)41-35(43)29-15-5-3-13-27(29)26-12-2-4-14-28(26)34(42)40-32(36(44)45)18-22-20-38-30-16-8-6-10-24(22)30/h2-17,20-21,32-33,38-39H,18-19H2,1H3,(H,40,42)(H,41,43)(H,44,45)/t32-,33-/m0/s1. The summed E-state index contributed by atoms with van der Waals surface area (Å²) in [4.78, 5) is 58.9. The summed E-state index contributed by atoms with van der Waals surface area (Å²) in [7, 11) is 1.27. The first-order chi connectivity index (χ1) is 22.8. The molecule has 5 N–H and O–H groups in total. The number of benzene rings is 4. The number of carboxylic acids is 1. The van der Waals surface area contributed by atoms with Crippen LogP contribution < -0.4 is 10.6 Å². The molecule has 10 nitrogen and oxygen atoms in total. The molecule has 0 bridgehead atoms. The zero-order valence-corrected chi connectivity index (χ0v) is 25.4. The molecule has 0 aliphatic carbocycles. The van der Waals surface area contributed by atoms with Crippen molar-refractivity contribution in [3.05, 3.63) is 132 Å². The van der Waals surface area contributed by atoms with E-state index in [-0.39, 0.29) is 24.0 Å². The van der Waals surface area contributed by atoms with E-state index >= 15 is 0 Å². The monoisotopic (exact) mass is 628 g/mol. The van der Waals surface area contributed by atoms with Crippen LogP contribution in [0.25, 0.3) is 32.9 Å². The summed E-state index contributed by atoms with van der Waals surface area (Å²) in [6, 6.07) is 26.4. The third kappa shape index (κ3) is 6.48. The molecule has 0 aliphatic heterocycles. The molecule has 2 atom stereocenters. The zero-order valence-electron chi connectivity index (χ0n) is 25.4. The minimum absolute atomic E-state index is 0.0671. The van der Waals surface area contributed by atoms with Crippen LogP contribution >= 0.6 is 0 Å². The summed E-state index contributed by atoms with van der Waals surface area (Å²) in [6.07, 6.45) is 3.81. The maximum atomic E-state index is 13.8. The summed E-state index contributed by atoms with van der Waals surface area (Å²) >= 11 is 0. The van der Waals surface area contributed by atoms with Gasteiger partial charge in [0, 0.05) is 58.2 Å². The highest BCUT2D eigenvalue weighted by atomic mass is 16.5. The molecule has 0 spiro atoms. The minimum Gasteiger partial charge on any atom is -0.480 e. The molecule has 0 aliphatic rings. The molecule has 2 heterocycles. The van der Waals surface area contributed by atoms with Crippen LogP contribution in [-0.4, -0.2) is 58.0 Å². The third-order valence-electron chi connectivity index (χ3n) is 8.23. The number of para-hydroxylation sites is 2. The van der Waals surface area contributed by atoms with Crippen molar-refractivity contribution in [1.29, 1.82) is 0 Å². The van der Waals surface area contributed by atoms with Gasteiger partial charge in [0.2, 0.25) is 0 Å². The van der Waals surface area contributed by atoms with Gasteiger partial charge in [-0.05, 0) is 46.5 Å². The number of carboxylic acid groups (broad SMARTS) is 1. The number of amides is 2. The first-order valence-corrected chi connectivity index (χ1v) is 15.0. The van der Waals surface area contributed by atoms with Gasteiger partial charge in [0.15, 0.2) is 0 Å². The highest BCUT2D eigenvalue weighted by Gasteiger charge is 2.27. The van der Waals surface area contributed by atoms with Gasteiger partial charge in [-0.2, -0.15) is 0 Å². The van der Waals surface area contributed by atoms with E-state index in [0.29, 0.717) is 11.1 Å². The van der Waals surface area contributed by atoms with Gasteiger partial charge in [0.1, 0.15) is 12.1 Å². The van der Waals surface area contributed by atoms with Gasteiger partial charge in [-0.25, -0.2) is 9.59 Å². The number of aromatic nitrogens is 2. The number of carbonyl (C=O) groups is 4. The van der Waals surface area contributed by atoms with Crippen molar-refractivity contribution in [2.75, 3.05) is 7.11 Å². The van der Waals surface area contributed by atoms with Crippen LogP contribution in [0.4, 0.5) is 0 Å². The number of carbonyl (C=O) groups excluding carboxylic acids is 3. The highest BCUT2D eigenvalue weighted by Crippen LogP contribution is 2.28. The number of esters is 1. The number of hydrogen-bond acceptors (Lipinski definition) is 5. The van der Waals surface area contributed by atoms with E-state index in [1.54, 1.807) is 60.9 Å². The van der Waals surface area contributed by atoms with Crippen LogP contribution in [0.15, 0.2) is 109 Å². The number of methoxy groups -OCH3 is 1. The molecule has 47 heavy (non-hydrogen) atoms. The van der Waals surface area contributed by atoms with Crippen molar-refractivity contribution in [3.8, 4) is 11.1 Å². The number of ether oxygens (including phenoxy) is 1. The SMILES string of the molecule is COC(=O)[C@H](Cc1c[nH]c2ccccc12)NC(=O)c1ccccc1-c1ccccc1C(=O)N[C@@H](Cc1c[nH]c2ccccc12)C(=O)O. The van der Waals surface area contributed by atoms with Crippen LogP contribution in [-0.2, 0) is 27.2 Å². The Kier molecular flexibility index (Phi) is 8.83. The molecule has 2 amide bonds. The highest BCUT2D eigenvalue weighted by molar-refractivity contribution is 6.07. The van der Waals surface area contributed by atoms with E-state index < -0.39 is 35.8 Å². The van der Waals surface area contributed by atoms with Crippen LogP contribution in [0.1, 0.15) is 31.8 Å². The maximum absolute atomic E-state index is 13.8. The average molecular weight is 629 g/mol. The first-order valence-electron chi connectivity index (χ1n) is 15.0. The molecule has 6 rings (SSSR count). The van der Waals surface area contributed by atoms with Crippen LogP contribution in [0.5, 0.6) is 0 Å². The average Bonchev–Trinajstić information content (AvgIpc) is 3.71. The Labute approximate surface area is 269 Å². The van der Waals surface area contributed by atoms with Crippen LogP contribution in [0.2, 0.25) is 0 Å². The van der Waals surface area contributed by atoms with Gasteiger partial charge in [-0.15, -0.1) is 0 Å². The molecule has 6 aromatic rings. The Morgan fingerprint density at radius 3 is 1.55 bits per heavy atom. The summed E-state index contributed by atoms with van der Waals surface area (Å²) < 4.78 is 5.03. The fraction of sp³-hybridized carbons (Fsp3) is 0.135.